The maximum Gasteiger partial charge on any atom is 0.278 e. The summed E-state index contributed by atoms with van der Waals surface area (Å²) in [6, 6.07) is 14.1. The molecule has 32 heavy (non-hydrogen) atoms. The highest BCUT2D eigenvalue weighted by atomic mass is 16.5. The summed E-state index contributed by atoms with van der Waals surface area (Å²) in [5, 5.41) is 8.11. The number of anilines is 1. The van der Waals surface area contributed by atoms with Crippen LogP contribution in [-0.2, 0) is 13.2 Å². The van der Waals surface area contributed by atoms with Gasteiger partial charge in [-0.3, -0.25) is 14.6 Å². The molecule has 0 radical (unpaired) electrons. The van der Waals surface area contributed by atoms with Gasteiger partial charge in [0.05, 0.1) is 5.39 Å². The third kappa shape index (κ3) is 4.64. The third-order valence-electron chi connectivity index (χ3n) is 4.77. The highest BCUT2D eigenvalue weighted by Crippen LogP contribution is 2.23. The minimum atomic E-state index is -0.467. The minimum absolute atomic E-state index is 0.159. The monoisotopic (exact) mass is 429 g/mol. The number of nitrogens with one attached hydrogen (secondary N) is 1. The van der Waals surface area contributed by atoms with Gasteiger partial charge in [-0.1, -0.05) is 32.0 Å². The molecule has 0 fully saturated rings. The Labute approximate surface area is 184 Å². The summed E-state index contributed by atoms with van der Waals surface area (Å²) in [6.07, 6.45) is 4.95. The molecule has 0 unspecified atom stereocenters. The molecule has 0 aliphatic carbocycles. The second-order valence-corrected chi connectivity index (χ2v) is 7.72. The van der Waals surface area contributed by atoms with Gasteiger partial charge in [0, 0.05) is 30.5 Å². The molecule has 4 aromatic rings. The van der Waals surface area contributed by atoms with Crippen LogP contribution in [0, 0.1) is 5.92 Å². The van der Waals surface area contributed by atoms with E-state index in [4.69, 9.17) is 4.74 Å². The Morgan fingerprint density at radius 2 is 1.78 bits per heavy atom. The molecule has 0 saturated heterocycles. The Bertz CT molecular complexity index is 1300. The Hall–Kier alpha value is -4.07. The maximum absolute atomic E-state index is 13.2. The number of hydrogen-bond donors (Lipinski definition) is 1. The highest BCUT2D eigenvalue weighted by molar-refractivity contribution is 6.11. The van der Waals surface area contributed by atoms with E-state index in [9.17, 15) is 9.59 Å². The Morgan fingerprint density at radius 3 is 2.53 bits per heavy atom. The molecule has 8 nitrogen and oxygen atoms in total. The van der Waals surface area contributed by atoms with Crippen LogP contribution in [0.5, 0.6) is 5.75 Å². The van der Waals surface area contributed by atoms with Gasteiger partial charge in [0.1, 0.15) is 6.61 Å². The standard InChI is InChI=1S/C24H23N5O3/c1-16(2)14-29-24(31)19-7-4-3-6-18(19)21(28-29)23(30)27-22-20(8-5-11-26-22)32-15-17-9-12-25-13-10-17/h3-13,16H,14-15H2,1-2H3,(H,26,27,30). The summed E-state index contributed by atoms with van der Waals surface area (Å²) in [6.45, 7) is 4.69. The molecule has 0 spiro atoms. The van der Waals surface area contributed by atoms with Crippen LogP contribution < -0.4 is 15.6 Å². The number of hydrogen-bond acceptors (Lipinski definition) is 6. The molecule has 0 saturated carbocycles. The van der Waals surface area contributed by atoms with E-state index in [1.54, 1.807) is 55.0 Å². The number of fused-ring (bicyclic) bond motifs is 1. The Morgan fingerprint density at radius 1 is 1.03 bits per heavy atom. The van der Waals surface area contributed by atoms with E-state index >= 15 is 0 Å². The summed E-state index contributed by atoms with van der Waals surface area (Å²) in [5.74, 6) is 0.434. The SMILES string of the molecule is CC(C)Cn1nc(C(=O)Nc2ncccc2OCc2ccncc2)c2ccccc2c1=O. The van der Waals surface area contributed by atoms with E-state index in [1.807, 2.05) is 26.0 Å². The molecule has 1 N–H and O–H groups in total. The van der Waals surface area contributed by atoms with Crippen molar-refractivity contribution in [1.82, 2.24) is 19.7 Å². The van der Waals surface area contributed by atoms with Crippen LogP contribution in [0.15, 0.2) is 71.9 Å². The van der Waals surface area contributed by atoms with Crippen LogP contribution in [-0.4, -0.2) is 25.7 Å². The van der Waals surface area contributed by atoms with Crippen LogP contribution >= 0.6 is 0 Å². The quantitative estimate of drug-likeness (QED) is 0.481. The van der Waals surface area contributed by atoms with Gasteiger partial charge < -0.3 is 10.1 Å². The number of pyridine rings is 2. The summed E-state index contributed by atoms with van der Waals surface area (Å²) in [5.41, 5.74) is 0.881. The van der Waals surface area contributed by atoms with Crippen LogP contribution in [0.3, 0.4) is 0 Å². The fourth-order valence-corrected chi connectivity index (χ4v) is 3.28. The number of benzene rings is 1. The van der Waals surface area contributed by atoms with Gasteiger partial charge in [-0.2, -0.15) is 5.10 Å². The zero-order valence-electron chi connectivity index (χ0n) is 17.9. The third-order valence-corrected chi connectivity index (χ3v) is 4.77. The average Bonchev–Trinajstić information content (AvgIpc) is 2.81. The molecule has 3 heterocycles. The minimum Gasteiger partial charge on any atom is -0.485 e. The van der Waals surface area contributed by atoms with Gasteiger partial charge in [0.25, 0.3) is 11.5 Å². The molecule has 8 heteroatoms. The summed E-state index contributed by atoms with van der Waals surface area (Å²) < 4.78 is 7.21. The lowest BCUT2D eigenvalue weighted by atomic mass is 10.1. The molecule has 1 amide bonds. The highest BCUT2D eigenvalue weighted by Gasteiger charge is 2.19. The van der Waals surface area contributed by atoms with Crippen LogP contribution in [0.4, 0.5) is 5.82 Å². The number of ether oxygens (including phenoxy) is 1. The molecule has 162 valence electrons. The second kappa shape index (κ2) is 9.38. The maximum atomic E-state index is 13.2. The van der Waals surface area contributed by atoms with Gasteiger partial charge in [-0.05, 0) is 41.8 Å². The van der Waals surface area contributed by atoms with E-state index in [0.717, 1.165) is 5.56 Å². The van der Waals surface area contributed by atoms with Crippen molar-refractivity contribution in [3.63, 3.8) is 0 Å². The number of rotatable bonds is 7. The number of carbonyl (C=O) groups is 1. The molecule has 0 aliphatic rings. The van der Waals surface area contributed by atoms with Crippen molar-refractivity contribution in [3.05, 3.63) is 88.7 Å². The number of amides is 1. The Balaban J connectivity index is 1.65. The van der Waals surface area contributed by atoms with Crippen molar-refractivity contribution in [3.8, 4) is 5.75 Å². The lowest BCUT2D eigenvalue weighted by Gasteiger charge is -2.14. The van der Waals surface area contributed by atoms with Gasteiger partial charge in [-0.15, -0.1) is 0 Å². The summed E-state index contributed by atoms with van der Waals surface area (Å²) in [4.78, 5) is 34.3. The first-order valence-electron chi connectivity index (χ1n) is 10.3. The largest absolute Gasteiger partial charge is 0.485 e. The average molecular weight is 429 g/mol. The van der Waals surface area contributed by atoms with Crippen molar-refractivity contribution in [2.24, 2.45) is 5.92 Å². The molecule has 0 aliphatic heterocycles. The molecular formula is C24H23N5O3. The molecule has 4 rings (SSSR count). The number of carbonyl (C=O) groups excluding carboxylic acids is 1. The Kier molecular flexibility index (Phi) is 6.21. The summed E-state index contributed by atoms with van der Waals surface area (Å²) in [7, 11) is 0. The first kappa shape index (κ1) is 21.2. The zero-order chi connectivity index (χ0) is 22.5. The first-order valence-corrected chi connectivity index (χ1v) is 10.3. The lowest BCUT2D eigenvalue weighted by Crippen LogP contribution is -2.29. The molecule has 0 atom stereocenters. The molecule has 1 aromatic carbocycles. The fraction of sp³-hybridized carbons (Fsp3) is 0.208. The van der Waals surface area contributed by atoms with Crippen molar-refractivity contribution in [2.75, 3.05) is 5.32 Å². The van der Waals surface area contributed by atoms with Crippen LogP contribution in [0.25, 0.3) is 10.8 Å². The molecule has 0 bridgehead atoms. The van der Waals surface area contributed by atoms with E-state index in [0.29, 0.717) is 29.7 Å². The fourth-order valence-electron chi connectivity index (χ4n) is 3.28. The normalized spacial score (nSPS) is 11.0. The lowest BCUT2D eigenvalue weighted by molar-refractivity contribution is 0.102. The summed E-state index contributed by atoms with van der Waals surface area (Å²) >= 11 is 0. The number of nitrogens with zero attached hydrogens (tertiary/aromatic N) is 4. The van der Waals surface area contributed by atoms with Crippen molar-refractivity contribution in [1.29, 1.82) is 0 Å². The number of aromatic nitrogens is 4. The van der Waals surface area contributed by atoms with Crippen LogP contribution in [0.1, 0.15) is 29.9 Å². The molecule has 3 aromatic heterocycles. The van der Waals surface area contributed by atoms with Gasteiger partial charge in [0.2, 0.25) is 0 Å². The zero-order valence-corrected chi connectivity index (χ0v) is 17.9. The van der Waals surface area contributed by atoms with E-state index < -0.39 is 5.91 Å². The van der Waals surface area contributed by atoms with Gasteiger partial charge in [0.15, 0.2) is 17.3 Å². The molecular weight excluding hydrogens is 406 g/mol. The van der Waals surface area contributed by atoms with E-state index in [-0.39, 0.29) is 23.0 Å². The smallest absolute Gasteiger partial charge is 0.278 e. The van der Waals surface area contributed by atoms with Crippen molar-refractivity contribution < 1.29 is 9.53 Å². The van der Waals surface area contributed by atoms with Crippen molar-refractivity contribution >= 4 is 22.5 Å². The van der Waals surface area contributed by atoms with E-state index in [1.165, 1.54) is 4.68 Å². The van der Waals surface area contributed by atoms with Gasteiger partial charge >= 0.3 is 0 Å². The predicted molar refractivity (Wildman–Crippen MR) is 122 cm³/mol. The van der Waals surface area contributed by atoms with Gasteiger partial charge in [-0.25, -0.2) is 9.67 Å². The topological polar surface area (TPSA) is 99.0 Å². The predicted octanol–water partition coefficient (Wildman–Crippen LogP) is 3.67. The first-order chi connectivity index (χ1) is 15.5. The van der Waals surface area contributed by atoms with Crippen molar-refractivity contribution in [2.45, 2.75) is 27.0 Å². The van der Waals surface area contributed by atoms with E-state index in [2.05, 4.69) is 20.4 Å². The second-order valence-electron chi connectivity index (χ2n) is 7.72. The van der Waals surface area contributed by atoms with Crippen LogP contribution in [0.2, 0.25) is 0 Å².